The molecule has 3 nitrogen and oxygen atoms in total. The third kappa shape index (κ3) is 6.88. The van der Waals surface area contributed by atoms with Gasteiger partial charge < -0.3 is 4.43 Å². The van der Waals surface area contributed by atoms with Gasteiger partial charge in [-0.2, -0.15) is 0 Å². The van der Waals surface area contributed by atoms with Crippen LogP contribution < -0.4 is 0 Å². The van der Waals surface area contributed by atoms with Crippen LogP contribution in [0.4, 0.5) is 0 Å². The summed E-state index contributed by atoms with van der Waals surface area (Å²) < 4.78 is 5.62. The molecule has 0 saturated heterocycles. The highest BCUT2D eigenvalue weighted by atomic mass is 28.2. The molecule has 0 aromatic heterocycles. The topological polar surface area (TPSA) is 15.7 Å². The molecular formula is C14H32N2OSi. The van der Waals surface area contributed by atoms with E-state index in [1.165, 1.54) is 12.5 Å². The predicted molar refractivity (Wildman–Crippen MR) is 81.1 cm³/mol. The van der Waals surface area contributed by atoms with Gasteiger partial charge in [0.25, 0.3) is 0 Å². The van der Waals surface area contributed by atoms with Gasteiger partial charge in [-0.25, -0.2) is 0 Å². The Morgan fingerprint density at radius 2 is 1.39 bits per heavy atom. The lowest BCUT2D eigenvalue weighted by Crippen LogP contribution is -2.48. The van der Waals surface area contributed by atoms with E-state index < -0.39 is 0 Å². The van der Waals surface area contributed by atoms with Crippen LogP contribution >= 0.6 is 0 Å². The lowest BCUT2D eigenvalue weighted by molar-refractivity contribution is 0.0534. The van der Waals surface area contributed by atoms with Crippen molar-refractivity contribution in [1.29, 1.82) is 0 Å². The molecule has 0 fully saturated rings. The molecule has 0 heterocycles. The average molecular weight is 273 g/mol. The highest BCUT2D eigenvalue weighted by Crippen LogP contribution is 2.12. The third-order valence-electron chi connectivity index (χ3n) is 3.38. The summed E-state index contributed by atoms with van der Waals surface area (Å²) in [4.78, 5) is 5.13. The fraction of sp³-hybridized carbons (Fsp3) is 1.00. The summed E-state index contributed by atoms with van der Waals surface area (Å²) in [6.45, 7) is 16.7. The van der Waals surface area contributed by atoms with E-state index in [4.69, 9.17) is 4.43 Å². The van der Waals surface area contributed by atoms with Crippen LogP contribution in [0.1, 0.15) is 47.5 Å². The van der Waals surface area contributed by atoms with Crippen LogP contribution in [-0.4, -0.2) is 58.5 Å². The van der Waals surface area contributed by atoms with E-state index in [1.807, 2.05) is 0 Å². The standard InChI is InChI=1S/C14H32N2OSi/c1-6-12-17-18-13-11-14(15(7-2)8-3)16(9-4)10-5/h14H,6-13H2,1-5H3. The largest absolute Gasteiger partial charge is 0.417 e. The molecule has 0 amide bonds. The van der Waals surface area contributed by atoms with Gasteiger partial charge in [0.1, 0.15) is 0 Å². The van der Waals surface area contributed by atoms with Gasteiger partial charge in [-0.05, 0) is 45.1 Å². The SMILES string of the molecule is CCCO[Si]CCC(N(CC)CC)N(CC)CC. The van der Waals surface area contributed by atoms with E-state index in [9.17, 15) is 0 Å². The summed E-state index contributed by atoms with van der Waals surface area (Å²) in [6, 6.07) is 1.19. The van der Waals surface area contributed by atoms with Crippen molar-refractivity contribution in [3.8, 4) is 0 Å². The van der Waals surface area contributed by atoms with Gasteiger partial charge in [-0.3, -0.25) is 9.80 Å². The molecule has 0 N–H and O–H groups in total. The van der Waals surface area contributed by atoms with Gasteiger partial charge in [0, 0.05) is 6.61 Å². The first-order valence-corrected chi connectivity index (χ1v) is 8.69. The van der Waals surface area contributed by atoms with Crippen LogP contribution in [0.25, 0.3) is 0 Å². The average Bonchev–Trinajstić information content (AvgIpc) is 2.40. The van der Waals surface area contributed by atoms with Crippen molar-refractivity contribution in [2.24, 2.45) is 0 Å². The Labute approximate surface area is 117 Å². The normalized spacial score (nSPS) is 12.0. The summed E-state index contributed by atoms with van der Waals surface area (Å²) in [7, 11) is 0.670. The highest BCUT2D eigenvalue weighted by Gasteiger charge is 2.20. The minimum atomic E-state index is 0.590. The molecular weight excluding hydrogens is 240 g/mol. The molecule has 108 valence electrons. The minimum absolute atomic E-state index is 0.590. The number of rotatable bonds is 12. The van der Waals surface area contributed by atoms with Crippen molar-refractivity contribution >= 4 is 9.76 Å². The maximum absolute atomic E-state index is 5.62. The molecule has 0 unspecified atom stereocenters. The molecule has 0 aromatic rings. The summed E-state index contributed by atoms with van der Waals surface area (Å²) in [5.41, 5.74) is 0. The molecule has 0 aliphatic rings. The number of hydrogen-bond acceptors (Lipinski definition) is 3. The van der Waals surface area contributed by atoms with Crippen LogP contribution in [0.15, 0.2) is 0 Å². The van der Waals surface area contributed by atoms with E-state index in [-0.39, 0.29) is 0 Å². The molecule has 0 rings (SSSR count). The Morgan fingerprint density at radius 3 is 1.78 bits per heavy atom. The fourth-order valence-corrected chi connectivity index (χ4v) is 3.19. The fourth-order valence-electron chi connectivity index (χ4n) is 2.32. The quantitative estimate of drug-likeness (QED) is 0.309. The van der Waals surface area contributed by atoms with Crippen molar-refractivity contribution in [3.05, 3.63) is 0 Å². The summed E-state index contributed by atoms with van der Waals surface area (Å²) in [6.07, 6.45) is 2.95. The Balaban J connectivity index is 4.19. The van der Waals surface area contributed by atoms with E-state index in [0.717, 1.165) is 39.2 Å². The van der Waals surface area contributed by atoms with E-state index >= 15 is 0 Å². The van der Waals surface area contributed by atoms with Gasteiger partial charge in [-0.1, -0.05) is 34.6 Å². The smallest absolute Gasteiger partial charge is 0.229 e. The van der Waals surface area contributed by atoms with Crippen molar-refractivity contribution in [1.82, 2.24) is 9.80 Å². The Bertz CT molecular complexity index is 161. The van der Waals surface area contributed by atoms with Gasteiger partial charge in [0.15, 0.2) is 0 Å². The third-order valence-corrected chi connectivity index (χ3v) is 4.28. The van der Waals surface area contributed by atoms with Crippen LogP contribution in [0.2, 0.25) is 6.04 Å². The second-order valence-corrected chi connectivity index (χ2v) is 5.53. The molecule has 0 aliphatic carbocycles. The maximum atomic E-state index is 5.62. The molecule has 2 radical (unpaired) electrons. The lowest BCUT2D eigenvalue weighted by atomic mass is 10.2. The summed E-state index contributed by atoms with van der Waals surface area (Å²) >= 11 is 0. The summed E-state index contributed by atoms with van der Waals surface area (Å²) in [5.74, 6) is 0. The van der Waals surface area contributed by atoms with Crippen LogP contribution in [0, 0.1) is 0 Å². The molecule has 0 atom stereocenters. The Hall–Kier alpha value is 0.0969. The zero-order valence-corrected chi connectivity index (χ0v) is 14.0. The molecule has 4 heteroatoms. The maximum Gasteiger partial charge on any atom is 0.229 e. The van der Waals surface area contributed by atoms with E-state index in [0.29, 0.717) is 15.9 Å². The zero-order valence-electron chi connectivity index (χ0n) is 13.0. The lowest BCUT2D eigenvalue weighted by Gasteiger charge is -2.38. The first-order chi connectivity index (χ1) is 8.74. The molecule has 0 aliphatic heterocycles. The van der Waals surface area contributed by atoms with E-state index in [1.54, 1.807) is 0 Å². The second kappa shape index (κ2) is 12.1. The molecule has 18 heavy (non-hydrogen) atoms. The molecule has 0 aromatic carbocycles. The van der Waals surface area contributed by atoms with Crippen molar-refractivity contribution < 1.29 is 4.43 Å². The van der Waals surface area contributed by atoms with Crippen molar-refractivity contribution in [3.63, 3.8) is 0 Å². The van der Waals surface area contributed by atoms with Gasteiger partial charge in [0.05, 0.1) is 6.17 Å². The Morgan fingerprint density at radius 1 is 0.889 bits per heavy atom. The second-order valence-electron chi connectivity index (χ2n) is 4.45. The highest BCUT2D eigenvalue weighted by molar-refractivity contribution is 6.26. The number of hydrogen-bond donors (Lipinski definition) is 0. The van der Waals surface area contributed by atoms with Crippen molar-refractivity contribution in [2.45, 2.75) is 59.7 Å². The summed E-state index contributed by atoms with van der Waals surface area (Å²) in [5, 5.41) is 0. The molecule has 0 bridgehead atoms. The van der Waals surface area contributed by atoms with Crippen LogP contribution in [-0.2, 0) is 4.43 Å². The predicted octanol–water partition coefficient (Wildman–Crippen LogP) is 2.85. The first-order valence-electron chi connectivity index (χ1n) is 7.57. The van der Waals surface area contributed by atoms with Crippen molar-refractivity contribution in [2.75, 3.05) is 32.8 Å². The Kier molecular flexibility index (Phi) is 12.2. The van der Waals surface area contributed by atoms with Crippen LogP contribution in [0.5, 0.6) is 0 Å². The van der Waals surface area contributed by atoms with Gasteiger partial charge in [0.2, 0.25) is 9.76 Å². The monoisotopic (exact) mass is 272 g/mol. The zero-order chi connectivity index (χ0) is 13.8. The van der Waals surface area contributed by atoms with Gasteiger partial charge >= 0.3 is 0 Å². The minimum Gasteiger partial charge on any atom is -0.417 e. The molecule has 0 saturated carbocycles. The molecule has 0 spiro atoms. The van der Waals surface area contributed by atoms with Crippen LogP contribution in [0.3, 0.4) is 0 Å². The first kappa shape index (κ1) is 18.1. The number of nitrogens with zero attached hydrogens (tertiary/aromatic N) is 2. The van der Waals surface area contributed by atoms with Gasteiger partial charge in [-0.15, -0.1) is 0 Å². The van der Waals surface area contributed by atoms with E-state index in [2.05, 4.69) is 44.4 Å².